The van der Waals surface area contributed by atoms with Crippen LogP contribution in [0.5, 0.6) is 0 Å². The van der Waals surface area contributed by atoms with E-state index in [1.807, 2.05) is 69.3 Å². The van der Waals surface area contributed by atoms with Crippen LogP contribution in [0.25, 0.3) is 0 Å². The fourth-order valence-electron chi connectivity index (χ4n) is 8.08. The van der Waals surface area contributed by atoms with Gasteiger partial charge < -0.3 is 29.3 Å². The van der Waals surface area contributed by atoms with Gasteiger partial charge in [-0.15, -0.1) is 13.2 Å². The molecule has 50 heavy (non-hydrogen) atoms. The van der Waals surface area contributed by atoms with E-state index in [4.69, 9.17) is 9.47 Å². The molecule has 0 aromatic heterocycles. The number of allylic oxidation sites excluding steroid dienone is 1. The molecule has 3 heterocycles. The smallest absolute Gasteiger partial charge is 0.313 e. The number of hydrogen-bond donors (Lipinski definition) is 1. The predicted molar refractivity (Wildman–Crippen MR) is 195 cm³/mol. The highest BCUT2D eigenvalue weighted by Gasteiger charge is 2.77. The molecule has 0 radical (unpaired) electrons. The van der Waals surface area contributed by atoms with Crippen molar-refractivity contribution < 1.29 is 33.8 Å². The molecule has 268 valence electrons. The first-order valence-corrected chi connectivity index (χ1v) is 18.2. The number of carbonyl (C=O) groups is 4. The number of para-hydroxylation sites is 1. The Bertz CT molecular complexity index is 1600. The van der Waals surface area contributed by atoms with Crippen molar-refractivity contribution in [2.75, 3.05) is 31.6 Å². The van der Waals surface area contributed by atoms with Crippen molar-refractivity contribution in [3.05, 3.63) is 90.5 Å². The number of rotatable bonds is 15. The van der Waals surface area contributed by atoms with Gasteiger partial charge >= 0.3 is 5.97 Å². The third-order valence-electron chi connectivity index (χ3n) is 10.5. The Kier molecular flexibility index (Phi) is 11.7. The molecular weight excluding hydrogens is 702 g/mol. The molecule has 3 amide bonds. The lowest BCUT2D eigenvalue weighted by Gasteiger charge is -2.38. The van der Waals surface area contributed by atoms with Crippen molar-refractivity contribution in [1.82, 2.24) is 9.80 Å². The summed E-state index contributed by atoms with van der Waals surface area (Å²) in [6.45, 7) is 13.4. The van der Waals surface area contributed by atoms with Gasteiger partial charge in [0.1, 0.15) is 17.7 Å². The summed E-state index contributed by atoms with van der Waals surface area (Å²) >= 11 is 3.74. The van der Waals surface area contributed by atoms with Crippen molar-refractivity contribution in [2.45, 2.75) is 81.2 Å². The maximum absolute atomic E-state index is 14.9. The molecule has 3 aliphatic heterocycles. The molecule has 0 saturated carbocycles. The molecule has 8 atom stereocenters. The van der Waals surface area contributed by atoms with Crippen molar-refractivity contribution in [3.8, 4) is 0 Å². The number of halogens is 1. The van der Waals surface area contributed by atoms with Crippen molar-refractivity contribution in [2.24, 2.45) is 11.8 Å². The zero-order valence-electron chi connectivity index (χ0n) is 29.3. The molecular formula is C39H48BrN3O7. The summed E-state index contributed by atoms with van der Waals surface area (Å²) in [6, 6.07) is 13.4. The van der Waals surface area contributed by atoms with Crippen molar-refractivity contribution >= 4 is 45.3 Å². The Labute approximate surface area is 303 Å². The molecule has 2 bridgehead atoms. The summed E-state index contributed by atoms with van der Waals surface area (Å²) in [4.78, 5) is 61.4. The molecule has 5 rings (SSSR count). The van der Waals surface area contributed by atoms with Gasteiger partial charge in [0.05, 0.1) is 24.0 Å². The number of anilines is 1. The van der Waals surface area contributed by atoms with Crippen LogP contribution in [-0.2, 0) is 28.7 Å². The lowest BCUT2D eigenvalue weighted by atomic mass is 9.70. The van der Waals surface area contributed by atoms with Crippen molar-refractivity contribution in [1.29, 1.82) is 0 Å². The fourth-order valence-corrected chi connectivity index (χ4v) is 9.03. The summed E-state index contributed by atoms with van der Waals surface area (Å²) in [7, 11) is 1.69. The highest BCUT2D eigenvalue weighted by molar-refractivity contribution is 9.09. The number of likely N-dealkylation sites (tertiary alicyclic amines) is 1. The third-order valence-corrected chi connectivity index (χ3v) is 11.4. The van der Waals surface area contributed by atoms with Crippen LogP contribution < -0.4 is 4.90 Å². The Morgan fingerprint density at radius 1 is 1.12 bits per heavy atom. The van der Waals surface area contributed by atoms with Gasteiger partial charge in [0.2, 0.25) is 11.8 Å². The highest BCUT2D eigenvalue weighted by Crippen LogP contribution is 2.60. The SMILES string of the molecule is C=CCCC(=O)N(C)[C@@H](C)[C@@H](OC(=O)[C@H]1[C@@H]2O[C@@]3(CC2Br)[C@@H]1C(=O)N(CCCO)[C@@H]3C(=O)N(CC=C)c1c(C)cccc1C)c1ccccc1. The van der Waals surface area contributed by atoms with E-state index in [0.717, 1.165) is 16.8 Å². The Hall–Kier alpha value is -3.80. The first-order chi connectivity index (χ1) is 23.9. The zero-order chi connectivity index (χ0) is 36.3. The normalized spacial score (nSPS) is 26.2. The number of aryl methyl sites for hydroxylation is 2. The number of ether oxygens (including phenoxy) is 2. The predicted octanol–water partition coefficient (Wildman–Crippen LogP) is 5.05. The van der Waals surface area contributed by atoms with Crippen LogP contribution in [0.4, 0.5) is 5.69 Å². The molecule has 1 unspecified atom stereocenters. The Balaban J connectivity index is 1.53. The average Bonchev–Trinajstić information content (AvgIpc) is 3.70. The van der Waals surface area contributed by atoms with Crippen LogP contribution in [-0.4, -0.2) is 94.0 Å². The maximum atomic E-state index is 14.9. The number of alkyl halides is 1. The average molecular weight is 751 g/mol. The van der Waals surface area contributed by atoms with Gasteiger partial charge in [-0.2, -0.15) is 0 Å². The largest absolute Gasteiger partial charge is 0.455 e. The maximum Gasteiger partial charge on any atom is 0.313 e. The summed E-state index contributed by atoms with van der Waals surface area (Å²) in [5, 5.41) is 9.80. The van der Waals surface area contributed by atoms with Crippen LogP contribution in [0.3, 0.4) is 0 Å². The van der Waals surface area contributed by atoms with E-state index in [9.17, 15) is 24.3 Å². The van der Waals surface area contributed by atoms with Gasteiger partial charge in [0.25, 0.3) is 5.91 Å². The molecule has 10 nitrogen and oxygen atoms in total. The molecule has 1 spiro atoms. The topological polar surface area (TPSA) is 117 Å². The van der Waals surface area contributed by atoms with E-state index in [-0.39, 0.29) is 55.1 Å². The minimum Gasteiger partial charge on any atom is -0.455 e. The van der Waals surface area contributed by atoms with Crippen molar-refractivity contribution in [3.63, 3.8) is 0 Å². The number of amides is 3. The molecule has 0 aliphatic carbocycles. The van der Waals surface area contributed by atoms with Gasteiger partial charge in [0, 0.05) is 43.7 Å². The Morgan fingerprint density at radius 3 is 2.42 bits per heavy atom. The number of carbonyl (C=O) groups excluding carboxylic acids is 4. The van der Waals surface area contributed by atoms with E-state index in [1.165, 1.54) is 4.90 Å². The summed E-state index contributed by atoms with van der Waals surface area (Å²) in [6.07, 6.45) is 3.15. The van der Waals surface area contributed by atoms with E-state index in [1.54, 1.807) is 29.0 Å². The molecule has 2 aromatic carbocycles. The standard InChI is InChI=1S/C39H48BrN3O7/c1-7-9-19-29(45)41(6)26(5)33(27-17-11-10-12-18-27)49-38(48)30-31-36(46)43(21-14-22-44)35(39(31)23-28(40)34(30)50-39)37(47)42(20-8-2)32-24(3)15-13-16-25(32)4/h7-8,10-13,15-18,26,28,30-31,33-35,44H,1-2,9,14,19-23H2,3-6H3/t26-,28?,30+,31-,33+,34+,35+,39-/m0/s1. The van der Waals surface area contributed by atoms with Gasteiger partial charge in [0.15, 0.2) is 0 Å². The quantitative estimate of drug-likeness (QED) is 0.154. The molecule has 3 aliphatic rings. The van der Waals surface area contributed by atoms with E-state index >= 15 is 0 Å². The van der Waals surface area contributed by atoms with Gasteiger partial charge in [-0.05, 0) is 56.7 Å². The molecule has 2 aromatic rings. The lowest BCUT2D eigenvalue weighted by Crippen LogP contribution is -2.57. The van der Waals surface area contributed by atoms with E-state index in [0.29, 0.717) is 18.4 Å². The minimum absolute atomic E-state index is 0.114. The van der Waals surface area contributed by atoms with Crippen LogP contribution in [0.2, 0.25) is 0 Å². The monoisotopic (exact) mass is 749 g/mol. The van der Waals surface area contributed by atoms with Crippen LogP contribution >= 0.6 is 15.9 Å². The van der Waals surface area contributed by atoms with Crippen LogP contribution in [0, 0.1) is 25.7 Å². The lowest BCUT2D eigenvalue weighted by molar-refractivity contribution is -0.164. The fraction of sp³-hybridized carbons (Fsp3) is 0.487. The second-order valence-corrected chi connectivity index (χ2v) is 14.8. The second kappa shape index (κ2) is 15.6. The second-order valence-electron chi connectivity index (χ2n) is 13.6. The van der Waals surface area contributed by atoms with Gasteiger partial charge in [-0.3, -0.25) is 19.2 Å². The van der Waals surface area contributed by atoms with Gasteiger partial charge in [-0.25, -0.2) is 0 Å². The summed E-state index contributed by atoms with van der Waals surface area (Å²) in [5.74, 6) is -3.44. The molecule has 11 heteroatoms. The number of hydrogen-bond acceptors (Lipinski definition) is 7. The van der Waals surface area contributed by atoms with Gasteiger partial charge in [-0.1, -0.05) is 76.6 Å². The number of benzene rings is 2. The summed E-state index contributed by atoms with van der Waals surface area (Å²) < 4.78 is 13.1. The number of aliphatic hydroxyl groups is 1. The number of aliphatic hydroxyl groups excluding tert-OH is 1. The van der Waals surface area contributed by atoms with E-state index < -0.39 is 47.7 Å². The first-order valence-electron chi connectivity index (χ1n) is 17.3. The third kappa shape index (κ3) is 6.67. The number of fused-ring (bicyclic) bond motifs is 1. The van der Waals surface area contributed by atoms with E-state index in [2.05, 4.69) is 29.1 Å². The minimum atomic E-state index is -1.31. The summed E-state index contributed by atoms with van der Waals surface area (Å²) in [5.41, 5.74) is 1.91. The van der Waals surface area contributed by atoms with Crippen LogP contribution in [0.15, 0.2) is 73.8 Å². The molecule has 1 N–H and O–H groups in total. The Morgan fingerprint density at radius 2 is 1.80 bits per heavy atom. The molecule has 3 saturated heterocycles. The number of nitrogens with zero attached hydrogens (tertiary/aromatic N) is 3. The first kappa shape index (κ1) is 37.5. The highest BCUT2D eigenvalue weighted by atomic mass is 79.9. The zero-order valence-corrected chi connectivity index (χ0v) is 30.9. The molecule has 3 fully saturated rings. The number of likely N-dealkylation sites (N-methyl/N-ethyl adjacent to an activating group) is 1. The van der Waals surface area contributed by atoms with Crippen LogP contribution in [0.1, 0.15) is 55.4 Å². The number of esters is 1.